The van der Waals surface area contributed by atoms with Gasteiger partial charge in [0.15, 0.2) is 9.84 Å². The molecule has 0 radical (unpaired) electrons. The first kappa shape index (κ1) is 9.02. The van der Waals surface area contributed by atoms with Gasteiger partial charge in [-0.25, -0.2) is 8.42 Å². The SMILES string of the molecule is O=S1(=O)CCNc2ccc(Br)cc21. The Balaban J connectivity index is 2.68. The average molecular weight is 262 g/mol. The number of halogens is 1. The zero-order chi connectivity index (χ0) is 9.47. The molecule has 0 saturated carbocycles. The van der Waals surface area contributed by atoms with Crippen molar-refractivity contribution in [2.24, 2.45) is 0 Å². The van der Waals surface area contributed by atoms with E-state index in [0.29, 0.717) is 17.1 Å². The number of fused-ring (bicyclic) bond motifs is 1. The molecule has 1 N–H and O–H groups in total. The quantitative estimate of drug-likeness (QED) is 0.773. The Labute approximate surface area is 85.2 Å². The molecule has 1 aliphatic heterocycles. The molecular formula is C8H8BrNO2S. The predicted molar refractivity (Wildman–Crippen MR) is 54.7 cm³/mol. The molecule has 13 heavy (non-hydrogen) atoms. The number of hydrogen-bond acceptors (Lipinski definition) is 3. The zero-order valence-electron chi connectivity index (χ0n) is 6.75. The Morgan fingerprint density at radius 1 is 1.38 bits per heavy atom. The lowest BCUT2D eigenvalue weighted by Gasteiger charge is -2.17. The van der Waals surface area contributed by atoms with Gasteiger partial charge in [-0.1, -0.05) is 15.9 Å². The molecule has 1 aromatic carbocycles. The fraction of sp³-hybridized carbons (Fsp3) is 0.250. The maximum Gasteiger partial charge on any atom is 0.182 e. The molecule has 0 fully saturated rings. The molecule has 0 bridgehead atoms. The van der Waals surface area contributed by atoms with E-state index >= 15 is 0 Å². The molecule has 0 unspecified atom stereocenters. The van der Waals surface area contributed by atoms with Crippen LogP contribution in [0.1, 0.15) is 0 Å². The molecule has 0 amide bonds. The van der Waals surface area contributed by atoms with Crippen molar-refractivity contribution in [3.05, 3.63) is 22.7 Å². The van der Waals surface area contributed by atoms with Crippen molar-refractivity contribution in [1.82, 2.24) is 0 Å². The molecule has 0 aromatic heterocycles. The third-order valence-electron chi connectivity index (χ3n) is 1.96. The van der Waals surface area contributed by atoms with Crippen LogP contribution in [0.2, 0.25) is 0 Å². The minimum atomic E-state index is -3.06. The Morgan fingerprint density at radius 3 is 2.92 bits per heavy atom. The summed E-state index contributed by atoms with van der Waals surface area (Å²) in [7, 11) is -3.06. The van der Waals surface area contributed by atoms with Crippen LogP contribution in [-0.4, -0.2) is 20.7 Å². The average Bonchev–Trinajstić information content (AvgIpc) is 2.06. The number of hydrogen-bond donors (Lipinski definition) is 1. The monoisotopic (exact) mass is 261 g/mol. The third-order valence-corrected chi connectivity index (χ3v) is 4.21. The van der Waals surface area contributed by atoms with E-state index in [1.807, 2.05) is 6.07 Å². The van der Waals surface area contributed by atoms with Crippen molar-refractivity contribution in [1.29, 1.82) is 0 Å². The van der Waals surface area contributed by atoms with Gasteiger partial charge in [0.05, 0.1) is 16.3 Å². The molecule has 5 heteroatoms. The van der Waals surface area contributed by atoms with E-state index in [9.17, 15) is 8.42 Å². The summed E-state index contributed by atoms with van der Waals surface area (Å²) in [4.78, 5) is 0.396. The Kier molecular flexibility index (Phi) is 2.08. The second kappa shape index (κ2) is 2.99. The van der Waals surface area contributed by atoms with Gasteiger partial charge in [0, 0.05) is 11.0 Å². The predicted octanol–water partition coefficient (Wildman–Crippen LogP) is 1.65. The van der Waals surface area contributed by atoms with Crippen LogP contribution in [-0.2, 0) is 9.84 Å². The highest BCUT2D eigenvalue weighted by Gasteiger charge is 2.22. The number of anilines is 1. The van der Waals surface area contributed by atoms with Gasteiger partial charge in [0.2, 0.25) is 0 Å². The summed E-state index contributed by atoms with van der Waals surface area (Å²) in [5.74, 6) is 0.177. The van der Waals surface area contributed by atoms with Crippen LogP contribution < -0.4 is 5.32 Å². The summed E-state index contributed by atoms with van der Waals surface area (Å²) in [5, 5.41) is 3.05. The number of benzene rings is 1. The van der Waals surface area contributed by atoms with Gasteiger partial charge < -0.3 is 5.32 Å². The van der Waals surface area contributed by atoms with Crippen LogP contribution in [0.25, 0.3) is 0 Å². The maximum atomic E-state index is 11.6. The molecule has 0 atom stereocenters. The molecule has 0 spiro atoms. The van der Waals surface area contributed by atoms with Crippen LogP contribution in [0.5, 0.6) is 0 Å². The lowest BCUT2D eigenvalue weighted by molar-refractivity contribution is 0.595. The normalized spacial score (nSPS) is 18.8. The van der Waals surface area contributed by atoms with Crippen LogP contribution >= 0.6 is 15.9 Å². The molecule has 2 rings (SSSR count). The summed E-state index contributed by atoms with van der Waals surface area (Å²) >= 11 is 3.25. The Bertz CT molecular complexity index is 441. The van der Waals surface area contributed by atoms with E-state index in [2.05, 4.69) is 21.2 Å². The van der Waals surface area contributed by atoms with Crippen molar-refractivity contribution in [3.8, 4) is 0 Å². The second-order valence-electron chi connectivity index (χ2n) is 2.89. The summed E-state index contributed by atoms with van der Waals surface area (Å²) in [5.41, 5.74) is 0.703. The van der Waals surface area contributed by atoms with E-state index in [4.69, 9.17) is 0 Å². The molecular weight excluding hydrogens is 254 g/mol. The maximum absolute atomic E-state index is 11.6. The van der Waals surface area contributed by atoms with Gasteiger partial charge in [0.1, 0.15) is 0 Å². The number of sulfone groups is 1. The lowest BCUT2D eigenvalue weighted by atomic mass is 10.3. The highest BCUT2D eigenvalue weighted by molar-refractivity contribution is 9.10. The highest BCUT2D eigenvalue weighted by Crippen LogP contribution is 2.28. The van der Waals surface area contributed by atoms with Crippen LogP contribution in [0, 0.1) is 0 Å². The van der Waals surface area contributed by atoms with Crippen LogP contribution in [0.3, 0.4) is 0 Å². The van der Waals surface area contributed by atoms with E-state index in [-0.39, 0.29) is 5.75 Å². The summed E-state index contributed by atoms with van der Waals surface area (Å²) in [6.07, 6.45) is 0. The van der Waals surface area contributed by atoms with E-state index in [1.54, 1.807) is 12.1 Å². The third kappa shape index (κ3) is 1.58. The number of rotatable bonds is 0. The first-order valence-corrected chi connectivity index (χ1v) is 6.30. The molecule has 1 aromatic rings. The first-order valence-electron chi connectivity index (χ1n) is 3.86. The van der Waals surface area contributed by atoms with Crippen LogP contribution in [0.4, 0.5) is 5.69 Å². The van der Waals surface area contributed by atoms with Crippen molar-refractivity contribution < 1.29 is 8.42 Å². The van der Waals surface area contributed by atoms with Gasteiger partial charge >= 0.3 is 0 Å². The van der Waals surface area contributed by atoms with E-state index < -0.39 is 9.84 Å². The summed E-state index contributed by atoms with van der Waals surface area (Å²) in [6, 6.07) is 5.24. The number of nitrogens with one attached hydrogen (secondary N) is 1. The molecule has 1 heterocycles. The zero-order valence-corrected chi connectivity index (χ0v) is 9.15. The smallest absolute Gasteiger partial charge is 0.182 e. The Hall–Kier alpha value is -0.550. The minimum absolute atomic E-state index is 0.177. The van der Waals surface area contributed by atoms with Crippen molar-refractivity contribution in [2.75, 3.05) is 17.6 Å². The molecule has 0 saturated heterocycles. The highest BCUT2D eigenvalue weighted by atomic mass is 79.9. The lowest BCUT2D eigenvalue weighted by Crippen LogP contribution is -2.23. The van der Waals surface area contributed by atoms with E-state index in [0.717, 1.165) is 4.47 Å². The Morgan fingerprint density at radius 2 is 2.15 bits per heavy atom. The van der Waals surface area contributed by atoms with Gasteiger partial charge in [-0.15, -0.1) is 0 Å². The molecule has 1 aliphatic rings. The molecule has 0 aliphatic carbocycles. The topological polar surface area (TPSA) is 46.2 Å². The fourth-order valence-electron chi connectivity index (χ4n) is 1.33. The van der Waals surface area contributed by atoms with E-state index in [1.165, 1.54) is 0 Å². The standard InChI is InChI=1S/C8H8BrNO2S/c9-6-1-2-7-8(5-6)13(11,12)4-3-10-7/h1-2,5,10H,3-4H2. The van der Waals surface area contributed by atoms with Crippen LogP contribution in [0.15, 0.2) is 27.6 Å². The van der Waals surface area contributed by atoms with Gasteiger partial charge in [-0.05, 0) is 18.2 Å². The first-order chi connectivity index (χ1) is 6.09. The summed E-state index contributed by atoms with van der Waals surface area (Å²) in [6.45, 7) is 0.497. The van der Waals surface area contributed by atoms with Gasteiger partial charge in [-0.2, -0.15) is 0 Å². The molecule has 70 valence electrons. The summed E-state index contributed by atoms with van der Waals surface area (Å²) < 4.78 is 23.9. The largest absolute Gasteiger partial charge is 0.383 e. The van der Waals surface area contributed by atoms with Gasteiger partial charge in [-0.3, -0.25) is 0 Å². The van der Waals surface area contributed by atoms with Gasteiger partial charge in [0.25, 0.3) is 0 Å². The minimum Gasteiger partial charge on any atom is -0.383 e. The van der Waals surface area contributed by atoms with Crippen molar-refractivity contribution >= 4 is 31.5 Å². The van der Waals surface area contributed by atoms with Crippen molar-refractivity contribution in [3.63, 3.8) is 0 Å². The van der Waals surface area contributed by atoms with Crippen molar-refractivity contribution in [2.45, 2.75) is 4.90 Å². The fourth-order valence-corrected chi connectivity index (χ4v) is 3.21. The second-order valence-corrected chi connectivity index (χ2v) is 5.88. The molecule has 3 nitrogen and oxygen atoms in total.